The molecule has 1 aliphatic heterocycles. The molecule has 1 fully saturated rings. The molecule has 1 atom stereocenters. The highest BCUT2D eigenvalue weighted by atomic mass is 16.5. The van der Waals surface area contributed by atoms with Gasteiger partial charge in [-0.2, -0.15) is 0 Å². The van der Waals surface area contributed by atoms with Crippen molar-refractivity contribution in [1.82, 2.24) is 9.80 Å². The van der Waals surface area contributed by atoms with Gasteiger partial charge in [-0.25, -0.2) is 0 Å². The molecule has 0 N–H and O–H groups in total. The summed E-state index contributed by atoms with van der Waals surface area (Å²) in [6.07, 6.45) is 8.43. The summed E-state index contributed by atoms with van der Waals surface area (Å²) in [5, 5.41) is 0. The lowest BCUT2D eigenvalue weighted by molar-refractivity contribution is -0.00707. The number of nitrogens with zero attached hydrogens (tertiary/aromatic N) is 3. The van der Waals surface area contributed by atoms with Gasteiger partial charge in [-0.05, 0) is 72.5 Å². The van der Waals surface area contributed by atoms with Crippen molar-refractivity contribution >= 4 is 5.71 Å². The molecule has 1 rings (SSSR count). The van der Waals surface area contributed by atoms with Gasteiger partial charge in [0.25, 0.3) is 0 Å². The molecule has 4 heteroatoms. The first-order valence-electron chi connectivity index (χ1n) is 11.5. The van der Waals surface area contributed by atoms with Crippen molar-refractivity contribution in [2.75, 3.05) is 26.2 Å². The third kappa shape index (κ3) is 7.70. The van der Waals surface area contributed by atoms with E-state index in [0.29, 0.717) is 5.92 Å². The van der Waals surface area contributed by atoms with Crippen LogP contribution in [-0.2, 0) is 4.74 Å². The average Bonchev–Trinajstić information content (AvgIpc) is 2.69. The predicted molar refractivity (Wildman–Crippen MR) is 132 cm³/mol. The van der Waals surface area contributed by atoms with Crippen molar-refractivity contribution in [3.63, 3.8) is 0 Å². The lowest BCUT2D eigenvalue weighted by Gasteiger charge is -2.40. The van der Waals surface area contributed by atoms with E-state index in [1.54, 1.807) is 0 Å². The van der Waals surface area contributed by atoms with Gasteiger partial charge in [0, 0.05) is 49.4 Å². The average molecular weight is 416 g/mol. The molecule has 1 heterocycles. The fraction of sp³-hybridized carbons (Fsp3) is 0.654. The molecular weight excluding hydrogens is 370 g/mol. The Morgan fingerprint density at radius 3 is 2.13 bits per heavy atom. The zero-order valence-electron chi connectivity index (χ0n) is 21.0. The van der Waals surface area contributed by atoms with Crippen LogP contribution in [0, 0.1) is 5.92 Å². The van der Waals surface area contributed by atoms with Crippen molar-refractivity contribution in [3.8, 4) is 0 Å². The van der Waals surface area contributed by atoms with Gasteiger partial charge in [0.1, 0.15) is 5.60 Å². The normalized spacial score (nSPS) is 18.6. The van der Waals surface area contributed by atoms with Gasteiger partial charge < -0.3 is 14.5 Å². The molecular formula is C26H45N3O. The lowest BCUT2D eigenvalue weighted by atomic mass is 9.87. The third-order valence-electron chi connectivity index (χ3n) is 5.61. The quantitative estimate of drug-likeness (QED) is 0.243. The van der Waals surface area contributed by atoms with Gasteiger partial charge in [0.05, 0.1) is 0 Å². The number of rotatable bonds is 9. The van der Waals surface area contributed by atoms with E-state index >= 15 is 0 Å². The van der Waals surface area contributed by atoms with Gasteiger partial charge in [-0.15, -0.1) is 0 Å². The van der Waals surface area contributed by atoms with Crippen LogP contribution in [0.3, 0.4) is 0 Å². The molecule has 0 aromatic heterocycles. The van der Waals surface area contributed by atoms with Crippen molar-refractivity contribution in [3.05, 3.63) is 47.7 Å². The summed E-state index contributed by atoms with van der Waals surface area (Å²) in [7, 11) is 0. The first-order chi connectivity index (χ1) is 14.1. The highest BCUT2D eigenvalue weighted by Crippen LogP contribution is 2.29. The van der Waals surface area contributed by atoms with Crippen LogP contribution in [-0.4, -0.2) is 47.3 Å². The molecule has 170 valence electrons. The van der Waals surface area contributed by atoms with Gasteiger partial charge in [0.2, 0.25) is 0 Å². The second-order valence-corrected chi connectivity index (χ2v) is 9.10. The molecule has 0 aromatic rings. The van der Waals surface area contributed by atoms with Crippen LogP contribution >= 0.6 is 0 Å². The second kappa shape index (κ2) is 12.0. The van der Waals surface area contributed by atoms with E-state index < -0.39 is 0 Å². The summed E-state index contributed by atoms with van der Waals surface area (Å²) in [5.74, 6) is 1.28. The zero-order valence-corrected chi connectivity index (χ0v) is 21.0. The maximum absolute atomic E-state index is 5.98. The number of hydrogen-bond acceptors (Lipinski definition) is 4. The summed E-state index contributed by atoms with van der Waals surface area (Å²) in [4.78, 5) is 9.51. The first kappa shape index (κ1) is 26.1. The monoisotopic (exact) mass is 415 g/mol. The summed E-state index contributed by atoms with van der Waals surface area (Å²) in [6, 6.07) is 0. The minimum atomic E-state index is -0.214. The van der Waals surface area contributed by atoms with E-state index in [1.165, 1.54) is 16.8 Å². The SMILES string of the molecule is C=C(OC(C)(C)C)N1CCN(/C(C)=C(C(=C/C)\C(C)CC)/C(C)=N/C=C/CC)CC1. The molecule has 1 unspecified atom stereocenters. The summed E-state index contributed by atoms with van der Waals surface area (Å²) in [6.45, 7) is 27.3. The van der Waals surface area contributed by atoms with E-state index in [-0.39, 0.29) is 5.60 Å². The number of piperazine rings is 1. The minimum Gasteiger partial charge on any atom is -0.474 e. The second-order valence-electron chi connectivity index (χ2n) is 9.10. The highest BCUT2D eigenvalue weighted by Gasteiger charge is 2.25. The van der Waals surface area contributed by atoms with E-state index in [1.807, 2.05) is 6.20 Å². The van der Waals surface area contributed by atoms with E-state index in [4.69, 9.17) is 9.73 Å². The van der Waals surface area contributed by atoms with Crippen LogP contribution in [0.1, 0.15) is 75.2 Å². The predicted octanol–water partition coefficient (Wildman–Crippen LogP) is 6.54. The Bertz CT molecular complexity index is 684. The Morgan fingerprint density at radius 1 is 1.10 bits per heavy atom. The molecule has 0 aromatic carbocycles. The van der Waals surface area contributed by atoms with Gasteiger partial charge >= 0.3 is 0 Å². The molecule has 1 aliphatic rings. The number of hydrogen-bond donors (Lipinski definition) is 0. The number of ether oxygens (including phenoxy) is 1. The molecule has 0 amide bonds. The van der Waals surface area contributed by atoms with Crippen LogP contribution in [0.15, 0.2) is 52.6 Å². The Hall–Kier alpha value is -1.97. The molecule has 4 nitrogen and oxygen atoms in total. The zero-order chi connectivity index (χ0) is 22.9. The Kier molecular flexibility index (Phi) is 10.4. The standard InChI is InChI=1S/C26H45N3O/c1-11-14-15-27-21(5)25(24(13-3)20(4)12-2)22(6)28-16-18-29(19-17-28)23(7)30-26(8,9)10/h13-15,20H,7,11-12,16-19H2,1-6,8-10H3/b15-14+,24-13-,25-22-,27-21+. The molecule has 1 saturated heterocycles. The lowest BCUT2D eigenvalue weighted by Crippen LogP contribution is -2.46. The third-order valence-corrected chi connectivity index (χ3v) is 5.61. The van der Waals surface area contributed by atoms with E-state index in [2.05, 4.69) is 90.8 Å². The van der Waals surface area contributed by atoms with E-state index in [9.17, 15) is 0 Å². The van der Waals surface area contributed by atoms with Crippen LogP contribution < -0.4 is 0 Å². The van der Waals surface area contributed by atoms with Gasteiger partial charge in [0.15, 0.2) is 5.88 Å². The maximum atomic E-state index is 5.98. The van der Waals surface area contributed by atoms with Crippen LogP contribution in [0.5, 0.6) is 0 Å². The van der Waals surface area contributed by atoms with Crippen molar-refractivity contribution in [2.24, 2.45) is 10.9 Å². The largest absolute Gasteiger partial charge is 0.474 e. The topological polar surface area (TPSA) is 28.1 Å². The van der Waals surface area contributed by atoms with Crippen LogP contribution in [0.25, 0.3) is 0 Å². The fourth-order valence-corrected chi connectivity index (χ4v) is 3.78. The summed E-state index contributed by atoms with van der Waals surface area (Å²) in [5.41, 5.74) is 4.88. The Labute approximate surface area is 186 Å². The maximum Gasteiger partial charge on any atom is 0.182 e. The smallest absolute Gasteiger partial charge is 0.182 e. The van der Waals surface area contributed by atoms with Gasteiger partial charge in [-0.1, -0.05) is 32.9 Å². The van der Waals surface area contributed by atoms with Crippen molar-refractivity contribution in [2.45, 2.75) is 80.8 Å². The number of aliphatic imine (C=N–C) groups is 1. The van der Waals surface area contributed by atoms with Crippen LogP contribution in [0.4, 0.5) is 0 Å². The van der Waals surface area contributed by atoms with Gasteiger partial charge in [-0.3, -0.25) is 4.99 Å². The molecule has 0 radical (unpaired) electrons. The molecule has 0 aliphatic carbocycles. The molecule has 0 saturated carbocycles. The number of allylic oxidation sites excluding steroid dienone is 5. The minimum absolute atomic E-state index is 0.214. The van der Waals surface area contributed by atoms with Crippen LogP contribution in [0.2, 0.25) is 0 Å². The summed E-state index contributed by atoms with van der Waals surface area (Å²) < 4.78 is 5.98. The highest BCUT2D eigenvalue weighted by molar-refractivity contribution is 6.03. The van der Waals surface area contributed by atoms with Crippen molar-refractivity contribution < 1.29 is 4.74 Å². The fourth-order valence-electron chi connectivity index (χ4n) is 3.78. The Morgan fingerprint density at radius 2 is 1.67 bits per heavy atom. The molecule has 0 spiro atoms. The van der Waals surface area contributed by atoms with E-state index in [0.717, 1.165) is 50.6 Å². The van der Waals surface area contributed by atoms with Crippen molar-refractivity contribution in [1.29, 1.82) is 0 Å². The first-order valence-corrected chi connectivity index (χ1v) is 11.5. The molecule has 0 bridgehead atoms. The molecule has 30 heavy (non-hydrogen) atoms. The Balaban J connectivity index is 3.14. The summed E-state index contributed by atoms with van der Waals surface area (Å²) >= 11 is 0.